The molecule has 0 spiro atoms. The van der Waals surface area contributed by atoms with Crippen LogP contribution in [0.4, 0.5) is 0 Å². The van der Waals surface area contributed by atoms with E-state index in [2.05, 4.69) is 57.8 Å². The minimum atomic E-state index is 0.622. The lowest BCUT2D eigenvalue weighted by Gasteiger charge is -2.15. The van der Waals surface area contributed by atoms with Crippen molar-refractivity contribution in [3.8, 4) is 5.75 Å². The summed E-state index contributed by atoms with van der Waals surface area (Å²) < 4.78 is 11.1. The van der Waals surface area contributed by atoms with Gasteiger partial charge in [-0.3, -0.25) is 4.99 Å². The van der Waals surface area contributed by atoms with Crippen LogP contribution in [0.5, 0.6) is 5.75 Å². The quantitative estimate of drug-likeness (QED) is 0.378. The van der Waals surface area contributed by atoms with Crippen molar-refractivity contribution in [3.05, 3.63) is 41.0 Å². The zero-order valence-electron chi connectivity index (χ0n) is 16.8. The van der Waals surface area contributed by atoms with Crippen molar-refractivity contribution in [2.24, 2.45) is 4.99 Å². The molecule has 7 heteroatoms. The monoisotopic (exact) mass is 373 g/mol. The number of aliphatic imine (C=N–C) groups is 1. The SMILES string of the molecule is CCCCCOc1cc(C)ccc1CNC(=NC)NCCc1nc(C)no1. The van der Waals surface area contributed by atoms with Gasteiger partial charge in [-0.1, -0.05) is 37.1 Å². The number of guanidine groups is 1. The predicted octanol–water partition coefficient (Wildman–Crippen LogP) is 3.16. The molecule has 0 saturated carbocycles. The van der Waals surface area contributed by atoms with E-state index in [1.165, 1.54) is 18.4 Å². The zero-order valence-corrected chi connectivity index (χ0v) is 16.8. The smallest absolute Gasteiger partial charge is 0.228 e. The molecule has 148 valence electrons. The van der Waals surface area contributed by atoms with Crippen molar-refractivity contribution in [3.63, 3.8) is 0 Å². The van der Waals surface area contributed by atoms with E-state index in [0.29, 0.717) is 31.2 Å². The summed E-state index contributed by atoms with van der Waals surface area (Å²) in [6, 6.07) is 6.30. The van der Waals surface area contributed by atoms with Gasteiger partial charge in [-0.05, 0) is 31.9 Å². The molecule has 0 aliphatic rings. The van der Waals surface area contributed by atoms with Crippen LogP contribution in [0, 0.1) is 13.8 Å². The first-order valence-corrected chi connectivity index (χ1v) is 9.58. The summed E-state index contributed by atoms with van der Waals surface area (Å²) in [6.45, 7) is 8.14. The molecule has 0 saturated heterocycles. The highest BCUT2D eigenvalue weighted by Gasteiger charge is 2.07. The van der Waals surface area contributed by atoms with Gasteiger partial charge in [0.2, 0.25) is 5.89 Å². The van der Waals surface area contributed by atoms with Gasteiger partial charge in [-0.2, -0.15) is 4.98 Å². The first-order valence-electron chi connectivity index (χ1n) is 9.58. The third kappa shape index (κ3) is 7.29. The zero-order chi connectivity index (χ0) is 19.5. The standard InChI is InChI=1S/C20H31N5O2/c1-5-6-7-12-26-18-13-15(2)8-9-17(18)14-23-20(21-4)22-11-10-19-24-16(3)25-27-19/h8-9,13H,5-7,10-12,14H2,1-4H3,(H2,21,22,23). The van der Waals surface area contributed by atoms with Gasteiger partial charge >= 0.3 is 0 Å². The van der Waals surface area contributed by atoms with E-state index in [-0.39, 0.29) is 0 Å². The number of aryl methyl sites for hydroxylation is 2. The molecule has 0 fully saturated rings. The summed E-state index contributed by atoms with van der Waals surface area (Å²) in [5.74, 6) is 2.94. The predicted molar refractivity (Wildman–Crippen MR) is 107 cm³/mol. The first kappa shape index (κ1) is 20.7. The molecule has 0 unspecified atom stereocenters. The van der Waals surface area contributed by atoms with E-state index >= 15 is 0 Å². The maximum Gasteiger partial charge on any atom is 0.228 e. The maximum absolute atomic E-state index is 6.00. The fourth-order valence-electron chi connectivity index (χ4n) is 2.61. The average Bonchev–Trinajstić information content (AvgIpc) is 3.08. The number of rotatable bonds is 10. The topological polar surface area (TPSA) is 84.6 Å². The van der Waals surface area contributed by atoms with E-state index < -0.39 is 0 Å². The van der Waals surface area contributed by atoms with Crippen LogP contribution in [0.3, 0.4) is 0 Å². The Morgan fingerprint density at radius 3 is 2.78 bits per heavy atom. The highest BCUT2D eigenvalue weighted by Crippen LogP contribution is 2.20. The molecule has 0 bridgehead atoms. The van der Waals surface area contributed by atoms with Crippen LogP contribution in [0.15, 0.2) is 27.7 Å². The van der Waals surface area contributed by atoms with E-state index in [1.54, 1.807) is 7.05 Å². The first-order chi connectivity index (χ1) is 13.1. The summed E-state index contributed by atoms with van der Waals surface area (Å²) in [4.78, 5) is 8.45. The second-order valence-electron chi connectivity index (χ2n) is 6.50. The fourth-order valence-corrected chi connectivity index (χ4v) is 2.61. The Kier molecular flexibility index (Phi) is 8.61. The van der Waals surface area contributed by atoms with E-state index in [9.17, 15) is 0 Å². The number of benzene rings is 1. The van der Waals surface area contributed by atoms with Crippen LogP contribution in [0.1, 0.15) is 49.0 Å². The van der Waals surface area contributed by atoms with Gasteiger partial charge in [0.25, 0.3) is 0 Å². The van der Waals surface area contributed by atoms with Crippen LogP contribution in [-0.2, 0) is 13.0 Å². The van der Waals surface area contributed by atoms with Gasteiger partial charge in [0, 0.05) is 32.1 Å². The molecule has 0 aliphatic heterocycles. The molecule has 1 heterocycles. The molecular formula is C20H31N5O2. The lowest BCUT2D eigenvalue weighted by molar-refractivity contribution is 0.303. The molecule has 0 aliphatic carbocycles. The lowest BCUT2D eigenvalue weighted by atomic mass is 10.1. The third-order valence-corrected chi connectivity index (χ3v) is 4.10. The highest BCUT2D eigenvalue weighted by molar-refractivity contribution is 5.79. The van der Waals surface area contributed by atoms with Gasteiger partial charge < -0.3 is 19.9 Å². The number of hydrogen-bond donors (Lipinski definition) is 2. The second-order valence-corrected chi connectivity index (χ2v) is 6.50. The van der Waals surface area contributed by atoms with E-state index in [0.717, 1.165) is 30.3 Å². The fraction of sp³-hybridized carbons (Fsp3) is 0.550. The summed E-state index contributed by atoms with van der Waals surface area (Å²) in [5.41, 5.74) is 2.31. The van der Waals surface area contributed by atoms with Crippen molar-refractivity contribution >= 4 is 5.96 Å². The summed E-state index contributed by atoms with van der Waals surface area (Å²) in [6.07, 6.45) is 4.11. The lowest BCUT2D eigenvalue weighted by Crippen LogP contribution is -2.38. The largest absolute Gasteiger partial charge is 0.493 e. The van der Waals surface area contributed by atoms with Crippen molar-refractivity contribution in [1.82, 2.24) is 20.8 Å². The molecule has 2 rings (SSSR count). The summed E-state index contributed by atoms with van der Waals surface area (Å²) in [5, 5.41) is 10.4. The molecule has 1 aromatic heterocycles. The Bertz CT molecular complexity index is 727. The van der Waals surface area contributed by atoms with E-state index in [4.69, 9.17) is 9.26 Å². The minimum Gasteiger partial charge on any atom is -0.493 e. The second kappa shape index (κ2) is 11.2. The van der Waals surface area contributed by atoms with Crippen molar-refractivity contribution in [2.45, 2.75) is 53.0 Å². The molecule has 0 atom stereocenters. The Balaban J connectivity index is 1.83. The average molecular weight is 374 g/mol. The van der Waals surface area contributed by atoms with Crippen LogP contribution in [-0.4, -0.2) is 36.3 Å². The molecule has 27 heavy (non-hydrogen) atoms. The van der Waals surface area contributed by atoms with Gasteiger partial charge in [-0.25, -0.2) is 0 Å². The molecule has 7 nitrogen and oxygen atoms in total. The van der Waals surface area contributed by atoms with Gasteiger partial charge in [0.05, 0.1) is 6.61 Å². The number of aromatic nitrogens is 2. The molecule has 2 aromatic rings. The van der Waals surface area contributed by atoms with Gasteiger partial charge in [-0.15, -0.1) is 0 Å². The summed E-state index contributed by atoms with van der Waals surface area (Å²) in [7, 11) is 1.75. The molecule has 0 radical (unpaired) electrons. The van der Waals surface area contributed by atoms with Crippen molar-refractivity contribution < 1.29 is 9.26 Å². The maximum atomic E-state index is 6.00. The molecule has 1 aromatic carbocycles. The van der Waals surface area contributed by atoms with Crippen LogP contribution in [0.2, 0.25) is 0 Å². The molecule has 0 amide bonds. The normalized spacial score (nSPS) is 11.5. The Labute approximate surface area is 161 Å². The Morgan fingerprint density at radius 1 is 1.22 bits per heavy atom. The highest BCUT2D eigenvalue weighted by atomic mass is 16.5. The van der Waals surface area contributed by atoms with Crippen LogP contribution < -0.4 is 15.4 Å². The molecular weight excluding hydrogens is 342 g/mol. The Morgan fingerprint density at radius 2 is 2.07 bits per heavy atom. The van der Waals surface area contributed by atoms with Crippen LogP contribution >= 0.6 is 0 Å². The van der Waals surface area contributed by atoms with Crippen LogP contribution in [0.25, 0.3) is 0 Å². The Hall–Kier alpha value is -2.57. The summed E-state index contributed by atoms with van der Waals surface area (Å²) >= 11 is 0. The van der Waals surface area contributed by atoms with Crippen molar-refractivity contribution in [1.29, 1.82) is 0 Å². The number of nitrogens with one attached hydrogen (secondary N) is 2. The number of ether oxygens (including phenoxy) is 1. The minimum absolute atomic E-state index is 0.622. The third-order valence-electron chi connectivity index (χ3n) is 4.10. The van der Waals surface area contributed by atoms with E-state index in [1.807, 2.05) is 6.92 Å². The number of unbranched alkanes of at least 4 members (excludes halogenated alkanes) is 2. The van der Waals surface area contributed by atoms with Gasteiger partial charge in [0.1, 0.15) is 5.75 Å². The number of hydrogen-bond acceptors (Lipinski definition) is 5. The number of nitrogens with zero attached hydrogens (tertiary/aromatic N) is 3. The van der Waals surface area contributed by atoms with Gasteiger partial charge in [0.15, 0.2) is 11.8 Å². The van der Waals surface area contributed by atoms with Crippen molar-refractivity contribution in [2.75, 3.05) is 20.2 Å². The molecule has 2 N–H and O–H groups in total.